The number of aromatic carboxylic acids is 1. The fourth-order valence-corrected chi connectivity index (χ4v) is 5.11. The number of carbonyl (C=O) groups is 2. The number of fused-ring (bicyclic) bond motifs is 1. The molecule has 0 bridgehead atoms. The molecule has 1 aliphatic rings. The maximum atomic E-state index is 13.3. The maximum Gasteiger partial charge on any atom is 0.339 e. The number of anilines is 1. The number of hydrogen-bond donors (Lipinski definition) is 1. The molecule has 3 rings (SSSR count). The number of thiophene rings is 1. The Bertz CT molecular complexity index is 915. The molecule has 5 nitrogen and oxygen atoms in total. The van der Waals surface area contributed by atoms with Crippen molar-refractivity contribution in [2.24, 2.45) is 5.41 Å². The molecule has 150 valence electrons. The van der Waals surface area contributed by atoms with Crippen molar-refractivity contribution in [1.82, 2.24) is 4.90 Å². The van der Waals surface area contributed by atoms with Gasteiger partial charge in [0.15, 0.2) is 0 Å². The largest absolute Gasteiger partial charge is 0.478 e. The van der Waals surface area contributed by atoms with Crippen LogP contribution >= 0.6 is 11.3 Å². The van der Waals surface area contributed by atoms with Gasteiger partial charge in [-0.15, -0.1) is 11.3 Å². The molecular weight excluding hydrogens is 372 g/mol. The Morgan fingerprint density at radius 3 is 2.50 bits per heavy atom. The fraction of sp³-hybridized carbons (Fsp3) is 0.455. The Labute approximate surface area is 170 Å². The lowest BCUT2D eigenvalue weighted by atomic mass is 9.76. The molecule has 2 aromatic rings. The third kappa shape index (κ3) is 3.98. The van der Waals surface area contributed by atoms with Crippen molar-refractivity contribution in [2.45, 2.75) is 39.7 Å². The number of carbonyl (C=O) groups excluding carboxylic acids is 1. The predicted molar refractivity (Wildman–Crippen MR) is 114 cm³/mol. The van der Waals surface area contributed by atoms with Crippen LogP contribution in [-0.2, 0) is 19.4 Å². The van der Waals surface area contributed by atoms with Gasteiger partial charge in [0.1, 0.15) is 5.00 Å². The van der Waals surface area contributed by atoms with Crippen LogP contribution in [0.2, 0.25) is 0 Å². The molecule has 28 heavy (non-hydrogen) atoms. The lowest BCUT2D eigenvalue weighted by molar-refractivity contribution is 0.0696. The van der Waals surface area contributed by atoms with Crippen molar-refractivity contribution in [3.63, 3.8) is 0 Å². The van der Waals surface area contributed by atoms with E-state index in [1.165, 1.54) is 16.2 Å². The van der Waals surface area contributed by atoms with E-state index in [9.17, 15) is 14.7 Å². The Kier molecular flexibility index (Phi) is 5.64. The topological polar surface area (TPSA) is 60.9 Å². The number of aryl methyl sites for hydroxylation is 1. The summed E-state index contributed by atoms with van der Waals surface area (Å²) in [7, 11) is 5.61. The van der Waals surface area contributed by atoms with Crippen molar-refractivity contribution in [3.8, 4) is 0 Å². The Morgan fingerprint density at radius 2 is 1.86 bits per heavy atom. The van der Waals surface area contributed by atoms with E-state index in [0.29, 0.717) is 22.7 Å². The van der Waals surface area contributed by atoms with E-state index in [1.54, 1.807) is 7.05 Å². The quantitative estimate of drug-likeness (QED) is 0.813. The van der Waals surface area contributed by atoms with Gasteiger partial charge in [-0.1, -0.05) is 32.0 Å². The number of carboxylic acids is 1. The Balaban J connectivity index is 2.02. The van der Waals surface area contributed by atoms with Gasteiger partial charge in [0.25, 0.3) is 5.91 Å². The minimum Gasteiger partial charge on any atom is -0.478 e. The molecule has 0 saturated heterocycles. The molecule has 1 aromatic heterocycles. The van der Waals surface area contributed by atoms with Gasteiger partial charge in [0, 0.05) is 24.0 Å². The monoisotopic (exact) mass is 400 g/mol. The van der Waals surface area contributed by atoms with Gasteiger partial charge in [-0.2, -0.15) is 0 Å². The van der Waals surface area contributed by atoms with Crippen LogP contribution in [0.5, 0.6) is 0 Å². The first-order valence-corrected chi connectivity index (χ1v) is 10.3. The van der Waals surface area contributed by atoms with Crippen LogP contribution in [-0.4, -0.2) is 43.0 Å². The summed E-state index contributed by atoms with van der Waals surface area (Å²) >= 11 is 1.46. The van der Waals surface area contributed by atoms with E-state index >= 15 is 0 Å². The molecule has 1 aliphatic carbocycles. The molecule has 0 fully saturated rings. The average molecular weight is 401 g/mol. The van der Waals surface area contributed by atoms with Crippen LogP contribution in [0.1, 0.15) is 57.0 Å². The number of carboxylic acid groups (broad SMARTS) is 1. The first-order chi connectivity index (χ1) is 13.1. The van der Waals surface area contributed by atoms with Gasteiger partial charge in [-0.05, 0) is 56.0 Å². The van der Waals surface area contributed by atoms with Crippen LogP contribution in [0.15, 0.2) is 24.3 Å². The molecule has 1 amide bonds. The highest BCUT2D eigenvalue weighted by molar-refractivity contribution is 7.17. The zero-order valence-corrected chi connectivity index (χ0v) is 18.0. The van der Waals surface area contributed by atoms with Crippen LogP contribution in [0.25, 0.3) is 0 Å². The molecule has 0 spiro atoms. The summed E-state index contributed by atoms with van der Waals surface area (Å²) in [4.78, 5) is 30.0. The molecule has 0 radical (unpaired) electrons. The molecule has 6 heteroatoms. The number of nitrogens with zero attached hydrogens (tertiary/aromatic N) is 2. The van der Waals surface area contributed by atoms with Gasteiger partial charge in [0.05, 0.1) is 5.56 Å². The van der Waals surface area contributed by atoms with Crippen molar-refractivity contribution in [1.29, 1.82) is 0 Å². The highest BCUT2D eigenvalue weighted by Crippen LogP contribution is 2.45. The van der Waals surface area contributed by atoms with Crippen LogP contribution in [0, 0.1) is 5.41 Å². The van der Waals surface area contributed by atoms with E-state index in [1.807, 2.05) is 43.3 Å². The van der Waals surface area contributed by atoms with Crippen molar-refractivity contribution >= 4 is 28.2 Å². The third-order valence-electron chi connectivity index (χ3n) is 5.31. The standard InChI is InChI=1S/C22H28N2O3S/c1-22(2)11-10-17-16(12-22)18(21(26)27)20(28-17)24(5)19(25)15-9-7-6-8-14(15)13-23(3)4/h6-9H,10-13H2,1-5H3,(H,26,27). The summed E-state index contributed by atoms with van der Waals surface area (Å²) in [5, 5.41) is 10.5. The van der Waals surface area contributed by atoms with E-state index in [0.717, 1.165) is 35.3 Å². The number of amides is 1. The lowest BCUT2D eigenvalue weighted by Crippen LogP contribution is -2.29. The van der Waals surface area contributed by atoms with Gasteiger partial charge in [-0.3, -0.25) is 4.79 Å². The van der Waals surface area contributed by atoms with Gasteiger partial charge >= 0.3 is 5.97 Å². The van der Waals surface area contributed by atoms with Gasteiger partial charge < -0.3 is 14.9 Å². The highest BCUT2D eigenvalue weighted by atomic mass is 32.1. The zero-order chi connectivity index (χ0) is 20.6. The van der Waals surface area contributed by atoms with Gasteiger partial charge in [0.2, 0.25) is 0 Å². The summed E-state index contributed by atoms with van der Waals surface area (Å²) in [6, 6.07) is 7.53. The maximum absolute atomic E-state index is 13.3. The van der Waals surface area contributed by atoms with E-state index < -0.39 is 5.97 Å². The SMILES string of the molecule is CN(C)Cc1ccccc1C(=O)N(C)c1sc2c(c1C(=O)O)CC(C)(C)CC2. The molecule has 0 unspecified atom stereocenters. The second-order valence-corrected chi connectivity index (χ2v) is 9.67. The second kappa shape index (κ2) is 7.68. The van der Waals surface area contributed by atoms with E-state index in [2.05, 4.69) is 13.8 Å². The highest BCUT2D eigenvalue weighted by Gasteiger charge is 2.34. The van der Waals surface area contributed by atoms with Crippen LogP contribution < -0.4 is 4.90 Å². The molecule has 0 atom stereocenters. The number of benzene rings is 1. The van der Waals surface area contributed by atoms with Crippen molar-refractivity contribution in [3.05, 3.63) is 51.4 Å². The molecule has 0 aliphatic heterocycles. The van der Waals surface area contributed by atoms with Gasteiger partial charge in [-0.25, -0.2) is 4.79 Å². The predicted octanol–water partition coefficient (Wildman–Crippen LogP) is 4.30. The fourth-order valence-electron chi connectivity index (χ4n) is 3.84. The van der Waals surface area contributed by atoms with Crippen molar-refractivity contribution in [2.75, 3.05) is 26.0 Å². The molecule has 1 aromatic carbocycles. The van der Waals surface area contributed by atoms with Crippen LogP contribution in [0.3, 0.4) is 0 Å². The van der Waals surface area contributed by atoms with E-state index in [4.69, 9.17) is 0 Å². The van der Waals surface area contributed by atoms with E-state index in [-0.39, 0.29) is 11.3 Å². The smallest absolute Gasteiger partial charge is 0.339 e. The van der Waals surface area contributed by atoms with Crippen LogP contribution in [0.4, 0.5) is 5.00 Å². The normalized spacial score (nSPS) is 15.4. The molecule has 0 saturated carbocycles. The molecule has 1 N–H and O–H groups in total. The molecular formula is C22H28N2O3S. The first-order valence-electron chi connectivity index (χ1n) is 9.49. The summed E-state index contributed by atoms with van der Waals surface area (Å²) in [5.41, 5.74) is 2.83. The summed E-state index contributed by atoms with van der Waals surface area (Å²) < 4.78 is 0. The minimum atomic E-state index is -0.952. The summed E-state index contributed by atoms with van der Waals surface area (Å²) in [6.07, 6.45) is 2.63. The molecule has 1 heterocycles. The summed E-state index contributed by atoms with van der Waals surface area (Å²) in [5.74, 6) is -1.12. The zero-order valence-electron chi connectivity index (χ0n) is 17.2. The lowest BCUT2D eigenvalue weighted by Gasteiger charge is -2.29. The first kappa shape index (κ1) is 20.6. The minimum absolute atomic E-state index is 0.0798. The second-order valence-electron chi connectivity index (χ2n) is 8.59. The Morgan fingerprint density at radius 1 is 1.18 bits per heavy atom. The third-order valence-corrected chi connectivity index (χ3v) is 6.68. The van der Waals surface area contributed by atoms with Crippen molar-refractivity contribution < 1.29 is 14.7 Å². The summed E-state index contributed by atoms with van der Waals surface area (Å²) in [6.45, 7) is 4.99. The Hall–Kier alpha value is -2.18. The number of hydrogen-bond acceptors (Lipinski definition) is 4. The number of rotatable bonds is 5. The average Bonchev–Trinajstić information content (AvgIpc) is 2.98.